The lowest BCUT2D eigenvalue weighted by Gasteiger charge is -2.29. The first-order chi connectivity index (χ1) is 8.24. The number of aliphatic hydroxyl groups is 1. The number of carbonyl (C=O) groups excluding carboxylic acids is 1. The number of hydrogen-bond donors (Lipinski definition) is 2. The number of nitrogens with one attached hydrogen (secondary N) is 1. The van der Waals surface area contributed by atoms with Gasteiger partial charge in [0.2, 0.25) is 5.91 Å². The Labute approximate surface area is 99.3 Å². The second-order valence-corrected chi connectivity index (χ2v) is 3.89. The zero-order chi connectivity index (χ0) is 12.3. The number of nitrogens with zero attached hydrogens (tertiary/aromatic N) is 2. The van der Waals surface area contributed by atoms with Crippen molar-refractivity contribution in [3.05, 3.63) is 29.3 Å². The van der Waals surface area contributed by atoms with E-state index in [0.29, 0.717) is 24.2 Å². The van der Waals surface area contributed by atoms with E-state index in [1.165, 1.54) is 0 Å². The van der Waals surface area contributed by atoms with E-state index in [0.717, 1.165) is 5.69 Å². The van der Waals surface area contributed by atoms with Crippen molar-refractivity contribution in [2.45, 2.75) is 6.61 Å². The molecule has 1 aromatic rings. The number of anilines is 1. The first-order valence-electron chi connectivity index (χ1n) is 5.40. The SMILES string of the molecule is N#Cc1cc(CO)ccc1N1CCNC(=O)C1. The predicted molar refractivity (Wildman–Crippen MR) is 62.3 cm³/mol. The van der Waals surface area contributed by atoms with Gasteiger partial charge in [-0.3, -0.25) is 4.79 Å². The quantitative estimate of drug-likeness (QED) is 0.750. The Bertz CT molecular complexity index is 479. The molecule has 0 aromatic heterocycles. The van der Waals surface area contributed by atoms with Gasteiger partial charge in [0.25, 0.3) is 0 Å². The molecule has 1 aliphatic rings. The Balaban J connectivity index is 2.31. The molecule has 1 saturated heterocycles. The van der Waals surface area contributed by atoms with Gasteiger partial charge in [-0.05, 0) is 17.7 Å². The predicted octanol–water partition coefficient (Wildman–Crippen LogP) is -0.0132. The van der Waals surface area contributed by atoms with Crippen molar-refractivity contribution in [3.8, 4) is 6.07 Å². The van der Waals surface area contributed by atoms with Crippen LogP contribution in [0.4, 0.5) is 5.69 Å². The van der Waals surface area contributed by atoms with Gasteiger partial charge in [-0.25, -0.2) is 0 Å². The molecule has 5 nitrogen and oxygen atoms in total. The Hall–Kier alpha value is -2.06. The fraction of sp³-hybridized carbons (Fsp3) is 0.333. The van der Waals surface area contributed by atoms with E-state index in [2.05, 4.69) is 11.4 Å². The van der Waals surface area contributed by atoms with Gasteiger partial charge in [0.05, 0.1) is 24.4 Å². The molecule has 88 valence electrons. The van der Waals surface area contributed by atoms with Gasteiger partial charge in [0, 0.05) is 13.1 Å². The number of amides is 1. The smallest absolute Gasteiger partial charge is 0.239 e. The number of hydrogen-bond acceptors (Lipinski definition) is 4. The molecule has 1 fully saturated rings. The van der Waals surface area contributed by atoms with E-state index in [1.807, 2.05) is 4.90 Å². The molecular formula is C12H13N3O2. The average Bonchev–Trinajstić information content (AvgIpc) is 2.38. The maximum Gasteiger partial charge on any atom is 0.239 e. The van der Waals surface area contributed by atoms with Crippen LogP contribution in [0.3, 0.4) is 0 Å². The summed E-state index contributed by atoms with van der Waals surface area (Å²) in [5.74, 6) is -0.0358. The minimum Gasteiger partial charge on any atom is -0.392 e. The number of rotatable bonds is 2. The normalized spacial score (nSPS) is 15.3. The van der Waals surface area contributed by atoms with Gasteiger partial charge in [-0.1, -0.05) is 6.07 Å². The minimum absolute atomic E-state index is 0.0358. The molecule has 1 aliphatic heterocycles. The Morgan fingerprint density at radius 1 is 1.53 bits per heavy atom. The van der Waals surface area contributed by atoms with Crippen LogP contribution in [0.15, 0.2) is 18.2 Å². The van der Waals surface area contributed by atoms with E-state index in [4.69, 9.17) is 10.4 Å². The highest BCUT2D eigenvalue weighted by Crippen LogP contribution is 2.22. The summed E-state index contributed by atoms with van der Waals surface area (Å²) in [4.78, 5) is 13.2. The van der Waals surface area contributed by atoms with Crippen LogP contribution in [0, 0.1) is 11.3 Å². The second-order valence-electron chi connectivity index (χ2n) is 3.89. The number of piperazine rings is 1. The Kier molecular flexibility index (Phi) is 3.26. The summed E-state index contributed by atoms with van der Waals surface area (Å²) in [7, 11) is 0. The molecule has 0 radical (unpaired) electrons. The van der Waals surface area contributed by atoms with Gasteiger partial charge >= 0.3 is 0 Å². The largest absolute Gasteiger partial charge is 0.392 e. The van der Waals surface area contributed by atoms with Gasteiger partial charge in [-0.2, -0.15) is 5.26 Å². The molecule has 1 aromatic carbocycles. The average molecular weight is 231 g/mol. The van der Waals surface area contributed by atoms with Crippen molar-refractivity contribution in [1.82, 2.24) is 5.32 Å². The minimum atomic E-state index is -0.0879. The van der Waals surface area contributed by atoms with Crippen LogP contribution in [-0.2, 0) is 11.4 Å². The third kappa shape index (κ3) is 2.37. The molecule has 2 rings (SSSR count). The Morgan fingerprint density at radius 3 is 3.00 bits per heavy atom. The highest BCUT2D eigenvalue weighted by atomic mass is 16.3. The van der Waals surface area contributed by atoms with Gasteiger partial charge in [0.15, 0.2) is 0 Å². The third-order valence-electron chi connectivity index (χ3n) is 2.74. The fourth-order valence-electron chi connectivity index (χ4n) is 1.89. The summed E-state index contributed by atoms with van der Waals surface area (Å²) in [5.41, 5.74) is 1.94. The topological polar surface area (TPSA) is 76.4 Å². The molecule has 1 amide bonds. The number of benzene rings is 1. The van der Waals surface area contributed by atoms with Crippen LogP contribution in [0.1, 0.15) is 11.1 Å². The van der Waals surface area contributed by atoms with Crippen LogP contribution in [0.2, 0.25) is 0 Å². The summed E-state index contributed by atoms with van der Waals surface area (Å²) < 4.78 is 0. The molecule has 5 heteroatoms. The van der Waals surface area contributed by atoms with Gasteiger partial charge in [0.1, 0.15) is 6.07 Å². The molecule has 0 unspecified atom stereocenters. The number of carbonyl (C=O) groups is 1. The lowest BCUT2D eigenvalue weighted by atomic mass is 10.1. The molecular weight excluding hydrogens is 218 g/mol. The van der Waals surface area contributed by atoms with Crippen molar-refractivity contribution in [2.75, 3.05) is 24.5 Å². The maximum atomic E-state index is 11.3. The van der Waals surface area contributed by atoms with E-state index < -0.39 is 0 Å². The first-order valence-corrected chi connectivity index (χ1v) is 5.40. The van der Waals surface area contributed by atoms with Gasteiger partial charge < -0.3 is 15.3 Å². The molecule has 0 aliphatic carbocycles. The van der Waals surface area contributed by atoms with E-state index in [9.17, 15) is 4.79 Å². The molecule has 0 saturated carbocycles. The van der Waals surface area contributed by atoms with Crippen molar-refractivity contribution < 1.29 is 9.90 Å². The summed E-state index contributed by atoms with van der Waals surface area (Å²) in [6, 6.07) is 7.30. The van der Waals surface area contributed by atoms with E-state index in [-0.39, 0.29) is 19.1 Å². The molecule has 1 heterocycles. The standard InChI is InChI=1S/C12H13N3O2/c13-6-10-5-9(8-16)1-2-11(10)15-4-3-14-12(17)7-15/h1-2,5,16H,3-4,7-8H2,(H,14,17). The fourth-order valence-corrected chi connectivity index (χ4v) is 1.89. The molecule has 0 bridgehead atoms. The lowest BCUT2D eigenvalue weighted by molar-refractivity contribution is -0.120. The lowest BCUT2D eigenvalue weighted by Crippen LogP contribution is -2.47. The maximum absolute atomic E-state index is 11.3. The summed E-state index contributed by atoms with van der Waals surface area (Å²) in [6.45, 7) is 1.47. The second kappa shape index (κ2) is 4.85. The van der Waals surface area contributed by atoms with Crippen LogP contribution < -0.4 is 10.2 Å². The number of aliphatic hydroxyl groups excluding tert-OH is 1. The van der Waals surface area contributed by atoms with Crippen LogP contribution >= 0.6 is 0 Å². The third-order valence-corrected chi connectivity index (χ3v) is 2.74. The summed E-state index contributed by atoms with van der Waals surface area (Å²) >= 11 is 0. The van der Waals surface area contributed by atoms with Crippen molar-refractivity contribution >= 4 is 11.6 Å². The summed E-state index contributed by atoms with van der Waals surface area (Å²) in [6.07, 6.45) is 0. The monoisotopic (exact) mass is 231 g/mol. The van der Waals surface area contributed by atoms with Crippen LogP contribution in [0.25, 0.3) is 0 Å². The molecule has 2 N–H and O–H groups in total. The zero-order valence-electron chi connectivity index (χ0n) is 9.31. The van der Waals surface area contributed by atoms with E-state index in [1.54, 1.807) is 18.2 Å². The molecule has 17 heavy (non-hydrogen) atoms. The van der Waals surface area contributed by atoms with Crippen LogP contribution in [-0.4, -0.2) is 30.6 Å². The van der Waals surface area contributed by atoms with Crippen molar-refractivity contribution in [3.63, 3.8) is 0 Å². The zero-order valence-corrected chi connectivity index (χ0v) is 9.31. The van der Waals surface area contributed by atoms with Gasteiger partial charge in [-0.15, -0.1) is 0 Å². The molecule has 0 atom stereocenters. The van der Waals surface area contributed by atoms with Crippen molar-refractivity contribution in [1.29, 1.82) is 5.26 Å². The highest BCUT2D eigenvalue weighted by molar-refractivity contribution is 5.83. The van der Waals surface area contributed by atoms with Crippen molar-refractivity contribution in [2.24, 2.45) is 0 Å². The van der Waals surface area contributed by atoms with Crippen LogP contribution in [0.5, 0.6) is 0 Å². The molecule has 0 spiro atoms. The first kappa shape index (κ1) is 11.4. The summed E-state index contributed by atoms with van der Waals surface area (Å²) in [5, 5.41) is 20.8. The van der Waals surface area contributed by atoms with E-state index >= 15 is 0 Å². The highest BCUT2D eigenvalue weighted by Gasteiger charge is 2.18. The Morgan fingerprint density at radius 2 is 2.35 bits per heavy atom. The number of nitriles is 1.